The highest BCUT2D eigenvalue weighted by molar-refractivity contribution is 6.02. The van der Waals surface area contributed by atoms with Crippen LogP contribution in [0.3, 0.4) is 0 Å². The SMILES string of the molecule is O=C(Nc1ccc(Oc2ccccc2)cc1)c1ccc(N2CCCC2)nn1. The number of carbonyl (C=O) groups is 1. The molecule has 4 rings (SSSR count). The van der Waals surface area contributed by atoms with Gasteiger partial charge in [-0.25, -0.2) is 0 Å². The van der Waals surface area contributed by atoms with Gasteiger partial charge in [0.2, 0.25) is 0 Å². The summed E-state index contributed by atoms with van der Waals surface area (Å²) in [5, 5.41) is 11.1. The van der Waals surface area contributed by atoms with Gasteiger partial charge in [-0.15, -0.1) is 10.2 Å². The van der Waals surface area contributed by atoms with Gasteiger partial charge in [-0.3, -0.25) is 4.79 Å². The third-order valence-electron chi connectivity index (χ3n) is 4.40. The van der Waals surface area contributed by atoms with E-state index >= 15 is 0 Å². The highest BCUT2D eigenvalue weighted by atomic mass is 16.5. The first-order valence-corrected chi connectivity index (χ1v) is 9.01. The highest BCUT2D eigenvalue weighted by Gasteiger charge is 2.15. The van der Waals surface area contributed by atoms with Gasteiger partial charge in [-0.1, -0.05) is 18.2 Å². The van der Waals surface area contributed by atoms with Crippen LogP contribution in [0.15, 0.2) is 66.7 Å². The molecule has 1 saturated heterocycles. The van der Waals surface area contributed by atoms with Crippen molar-refractivity contribution < 1.29 is 9.53 Å². The minimum atomic E-state index is -0.285. The number of rotatable bonds is 5. The molecule has 2 aromatic carbocycles. The van der Waals surface area contributed by atoms with E-state index in [4.69, 9.17) is 4.74 Å². The maximum Gasteiger partial charge on any atom is 0.276 e. The first-order valence-electron chi connectivity index (χ1n) is 9.01. The summed E-state index contributed by atoms with van der Waals surface area (Å²) in [6, 6.07) is 20.3. The minimum Gasteiger partial charge on any atom is -0.457 e. The molecule has 1 N–H and O–H groups in total. The zero-order chi connectivity index (χ0) is 18.5. The monoisotopic (exact) mass is 360 g/mol. The van der Waals surface area contributed by atoms with E-state index in [0.29, 0.717) is 17.1 Å². The molecule has 1 aliphatic heterocycles. The van der Waals surface area contributed by atoms with Gasteiger partial charge in [0.25, 0.3) is 5.91 Å². The standard InChI is InChI=1S/C21H20N4O2/c26-21(19-12-13-20(24-23-19)25-14-4-5-15-25)22-16-8-10-18(11-9-16)27-17-6-2-1-3-7-17/h1-3,6-13H,4-5,14-15H2,(H,22,26). The van der Waals surface area contributed by atoms with Gasteiger partial charge in [0.1, 0.15) is 11.5 Å². The smallest absolute Gasteiger partial charge is 0.276 e. The van der Waals surface area contributed by atoms with E-state index in [1.54, 1.807) is 18.2 Å². The van der Waals surface area contributed by atoms with Gasteiger partial charge in [0.15, 0.2) is 11.5 Å². The number of nitrogens with one attached hydrogen (secondary N) is 1. The lowest BCUT2D eigenvalue weighted by molar-refractivity contribution is 0.102. The number of hydrogen-bond acceptors (Lipinski definition) is 5. The van der Waals surface area contributed by atoms with Crippen LogP contribution in [0.25, 0.3) is 0 Å². The molecule has 0 atom stereocenters. The maximum absolute atomic E-state index is 12.4. The van der Waals surface area contributed by atoms with E-state index in [2.05, 4.69) is 20.4 Å². The van der Waals surface area contributed by atoms with Crippen molar-refractivity contribution in [1.82, 2.24) is 10.2 Å². The molecule has 2 heterocycles. The molecule has 0 spiro atoms. The predicted octanol–water partition coefficient (Wildman–Crippen LogP) is 4.12. The van der Waals surface area contributed by atoms with Crippen molar-refractivity contribution >= 4 is 17.4 Å². The number of benzene rings is 2. The summed E-state index contributed by atoms with van der Waals surface area (Å²) >= 11 is 0. The molecule has 0 radical (unpaired) electrons. The van der Waals surface area contributed by atoms with Gasteiger partial charge < -0.3 is 15.0 Å². The van der Waals surface area contributed by atoms with Crippen molar-refractivity contribution in [2.75, 3.05) is 23.3 Å². The summed E-state index contributed by atoms with van der Waals surface area (Å²) in [6.45, 7) is 2.00. The number of para-hydroxylation sites is 1. The second-order valence-electron chi connectivity index (χ2n) is 6.36. The van der Waals surface area contributed by atoms with Crippen LogP contribution in [0.2, 0.25) is 0 Å². The molecular weight excluding hydrogens is 340 g/mol. The fourth-order valence-corrected chi connectivity index (χ4v) is 2.99. The average Bonchev–Trinajstić information content (AvgIpc) is 3.25. The molecule has 6 nitrogen and oxygen atoms in total. The quantitative estimate of drug-likeness (QED) is 0.741. The van der Waals surface area contributed by atoms with Gasteiger partial charge in [0, 0.05) is 18.8 Å². The molecule has 27 heavy (non-hydrogen) atoms. The Kier molecular flexibility index (Phi) is 4.96. The lowest BCUT2D eigenvalue weighted by atomic mass is 10.2. The normalized spacial score (nSPS) is 13.4. The van der Waals surface area contributed by atoms with Crippen molar-refractivity contribution in [2.24, 2.45) is 0 Å². The summed E-state index contributed by atoms with van der Waals surface area (Å²) in [4.78, 5) is 14.5. The van der Waals surface area contributed by atoms with E-state index in [0.717, 1.165) is 24.7 Å². The Bertz CT molecular complexity index is 890. The predicted molar refractivity (Wildman–Crippen MR) is 104 cm³/mol. The summed E-state index contributed by atoms with van der Waals surface area (Å²) in [5.74, 6) is 2.01. The van der Waals surface area contributed by atoms with Crippen molar-refractivity contribution in [3.63, 3.8) is 0 Å². The number of carbonyl (C=O) groups excluding carboxylic acids is 1. The van der Waals surface area contributed by atoms with E-state index in [9.17, 15) is 4.79 Å². The number of anilines is 2. The Balaban J connectivity index is 1.37. The van der Waals surface area contributed by atoms with Crippen LogP contribution < -0.4 is 15.0 Å². The van der Waals surface area contributed by atoms with Crippen LogP contribution in [0, 0.1) is 0 Å². The van der Waals surface area contributed by atoms with Gasteiger partial charge in [0.05, 0.1) is 0 Å². The van der Waals surface area contributed by atoms with Crippen LogP contribution in [0.5, 0.6) is 11.5 Å². The second-order valence-corrected chi connectivity index (χ2v) is 6.36. The molecule has 1 fully saturated rings. The molecule has 136 valence electrons. The van der Waals surface area contributed by atoms with Crippen LogP contribution in [0.4, 0.5) is 11.5 Å². The largest absolute Gasteiger partial charge is 0.457 e. The molecule has 6 heteroatoms. The van der Waals surface area contributed by atoms with Gasteiger partial charge >= 0.3 is 0 Å². The fraction of sp³-hybridized carbons (Fsp3) is 0.190. The molecule has 0 saturated carbocycles. The Labute approximate surface area is 157 Å². The topological polar surface area (TPSA) is 67.3 Å². The molecule has 1 aromatic heterocycles. The number of amides is 1. The maximum atomic E-state index is 12.4. The lowest BCUT2D eigenvalue weighted by Gasteiger charge is -2.15. The summed E-state index contributed by atoms with van der Waals surface area (Å²) in [7, 11) is 0. The molecule has 0 aliphatic carbocycles. The fourth-order valence-electron chi connectivity index (χ4n) is 2.99. The zero-order valence-corrected chi connectivity index (χ0v) is 14.8. The third kappa shape index (κ3) is 4.23. The summed E-state index contributed by atoms with van der Waals surface area (Å²) in [6.07, 6.45) is 2.35. The van der Waals surface area contributed by atoms with E-state index in [-0.39, 0.29) is 5.91 Å². The van der Waals surface area contributed by atoms with Gasteiger partial charge in [-0.05, 0) is 61.4 Å². The average molecular weight is 360 g/mol. The minimum absolute atomic E-state index is 0.285. The van der Waals surface area contributed by atoms with Crippen LogP contribution >= 0.6 is 0 Å². The Morgan fingerprint density at radius 2 is 1.56 bits per heavy atom. The zero-order valence-electron chi connectivity index (χ0n) is 14.8. The van der Waals surface area contributed by atoms with Crippen LogP contribution in [-0.2, 0) is 0 Å². The first kappa shape index (κ1) is 17.0. The Morgan fingerprint density at radius 3 is 2.22 bits per heavy atom. The van der Waals surface area contributed by atoms with Crippen molar-refractivity contribution in [3.05, 3.63) is 72.4 Å². The Morgan fingerprint density at radius 1 is 0.852 bits per heavy atom. The van der Waals surface area contributed by atoms with E-state index in [1.165, 1.54) is 12.8 Å². The molecule has 1 aliphatic rings. The lowest BCUT2D eigenvalue weighted by Crippen LogP contribution is -2.20. The van der Waals surface area contributed by atoms with E-state index < -0.39 is 0 Å². The Hall–Kier alpha value is -3.41. The molecule has 0 bridgehead atoms. The number of aromatic nitrogens is 2. The van der Waals surface area contributed by atoms with Gasteiger partial charge in [-0.2, -0.15) is 0 Å². The summed E-state index contributed by atoms with van der Waals surface area (Å²) < 4.78 is 5.75. The van der Waals surface area contributed by atoms with Crippen LogP contribution in [0.1, 0.15) is 23.3 Å². The van der Waals surface area contributed by atoms with E-state index in [1.807, 2.05) is 48.5 Å². The number of hydrogen-bond donors (Lipinski definition) is 1. The first-order chi connectivity index (χ1) is 13.3. The van der Waals surface area contributed by atoms with Crippen LogP contribution in [-0.4, -0.2) is 29.2 Å². The highest BCUT2D eigenvalue weighted by Crippen LogP contribution is 2.23. The second kappa shape index (κ2) is 7.86. The number of ether oxygens (including phenoxy) is 1. The summed E-state index contributed by atoms with van der Waals surface area (Å²) in [5.41, 5.74) is 0.966. The molecule has 0 unspecified atom stereocenters. The van der Waals surface area contributed by atoms with Crippen molar-refractivity contribution in [1.29, 1.82) is 0 Å². The van der Waals surface area contributed by atoms with Crippen molar-refractivity contribution in [2.45, 2.75) is 12.8 Å². The molecule has 3 aromatic rings. The molecule has 1 amide bonds. The number of nitrogens with zero attached hydrogens (tertiary/aromatic N) is 3. The van der Waals surface area contributed by atoms with Crippen molar-refractivity contribution in [3.8, 4) is 11.5 Å². The third-order valence-corrected chi connectivity index (χ3v) is 4.40. The molecular formula is C21H20N4O2.